The van der Waals surface area contributed by atoms with E-state index in [9.17, 15) is 14.4 Å². The van der Waals surface area contributed by atoms with Crippen LogP contribution in [0.5, 0.6) is 0 Å². The Morgan fingerprint density at radius 3 is 2.62 bits per heavy atom. The van der Waals surface area contributed by atoms with Crippen LogP contribution in [0.2, 0.25) is 0 Å². The lowest BCUT2D eigenvalue weighted by atomic mass is 9.86. The van der Waals surface area contributed by atoms with E-state index in [4.69, 9.17) is 0 Å². The van der Waals surface area contributed by atoms with Crippen LogP contribution in [0.1, 0.15) is 49.4 Å². The molecule has 1 N–H and O–H groups in total. The molecule has 0 saturated heterocycles. The summed E-state index contributed by atoms with van der Waals surface area (Å²) in [5.41, 5.74) is 3.94. The average molecular weight is 430 g/mol. The summed E-state index contributed by atoms with van der Waals surface area (Å²) in [6, 6.07) is 16.7. The zero-order chi connectivity index (χ0) is 22.7. The Labute approximate surface area is 188 Å². The molecular formula is C27H28FN3O. The number of aromatic nitrogens is 1. The van der Waals surface area contributed by atoms with Crippen molar-refractivity contribution in [3.05, 3.63) is 76.7 Å². The summed E-state index contributed by atoms with van der Waals surface area (Å²) >= 11 is 0. The van der Waals surface area contributed by atoms with Crippen LogP contribution >= 0.6 is 0 Å². The number of nitriles is 1. The van der Waals surface area contributed by atoms with Gasteiger partial charge in [0.1, 0.15) is 17.5 Å². The minimum absolute atomic E-state index is 0.119. The van der Waals surface area contributed by atoms with E-state index in [2.05, 4.69) is 22.9 Å². The molecule has 3 aromatic rings. The maximum atomic E-state index is 13.3. The highest BCUT2D eigenvalue weighted by molar-refractivity contribution is 6.04. The number of benzene rings is 2. The van der Waals surface area contributed by atoms with Gasteiger partial charge in [0, 0.05) is 34.7 Å². The summed E-state index contributed by atoms with van der Waals surface area (Å²) in [6.07, 6.45) is 6.08. The van der Waals surface area contributed by atoms with Crippen molar-refractivity contribution in [3.8, 4) is 6.07 Å². The smallest absolute Gasteiger partial charge is 0.262 e. The molecular weight excluding hydrogens is 401 g/mol. The van der Waals surface area contributed by atoms with Crippen LogP contribution < -0.4 is 5.32 Å². The van der Waals surface area contributed by atoms with Crippen molar-refractivity contribution < 1.29 is 9.18 Å². The molecule has 1 aliphatic rings. The quantitative estimate of drug-likeness (QED) is 0.415. The molecule has 32 heavy (non-hydrogen) atoms. The topological polar surface area (TPSA) is 57.8 Å². The largest absolute Gasteiger partial charge is 0.348 e. The Hall–Kier alpha value is -3.39. The number of nitrogens with one attached hydrogen (secondary N) is 1. The summed E-state index contributed by atoms with van der Waals surface area (Å²) in [5.74, 6) is -0.142. The van der Waals surface area contributed by atoms with E-state index in [0.717, 1.165) is 47.0 Å². The second-order valence-electron chi connectivity index (χ2n) is 8.74. The molecule has 0 spiro atoms. The van der Waals surface area contributed by atoms with E-state index in [0.29, 0.717) is 12.5 Å². The van der Waals surface area contributed by atoms with Crippen molar-refractivity contribution in [2.24, 2.45) is 5.92 Å². The summed E-state index contributed by atoms with van der Waals surface area (Å²) in [5, 5.41) is 13.8. The first-order chi connectivity index (χ1) is 15.5. The monoisotopic (exact) mass is 429 g/mol. The first-order valence-electron chi connectivity index (χ1n) is 11.2. The van der Waals surface area contributed by atoms with E-state index in [1.807, 2.05) is 31.2 Å². The minimum Gasteiger partial charge on any atom is -0.348 e. The molecule has 164 valence electrons. The molecule has 4 rings (SSSR count). The Kier molecular flexibility index (Phi) is 6.41. The van der Waals surface area contributed by atoms with Crippen LogP contribution in [0.4, 0.5) is 4.39 Å². The van der Waals surface area contributed by atoms with Gasteiger partial charge in [-0.15, -0.1) is 0 Å². The summed E-state index contributed by atoms with van der Waals surface area (Å²) in [7, 11) is 0. The number of amides is 1. The molecule has 2 atom stereocenters. The van der Waals surface area contributed by atoms with E-state index >= 15 is 0 Å². The van der Waals surface area contributed by atoms with Gasteiger partial charge in [-0.3, -0.25) is 4.79 Å². The van der Waals surface area contributed by atoms with Crippen LogP contribution in [0.25, 0.3) is 17.0 Å². The number of fused-ring (bicyclic) bond motifs is 1. The lowest BCUT2D eigenvalue weighted by molar-refractivity contribution is -0.118. The fourth-order valence-corrected chi connectivity index (χ4v) is 4.69. The number of rotatable bonds is 5. The number of nitrogens with zero attached hydrogens (tertiary/aromatic N) is 2. The maximum absolute atomic E-state index is 13.3. The molecule has 0 radical (unpaired) electrons. The molecule has 5 heteroatoms. The number of hydrogen-bond donors (Lipinski definition) is 1. The summed E-state index contributed by atoms with van der Waals surface area (Å²) in [4.78, 5) is 12.9. The fourth-order valence-electron chi connectivity index (χ4n) is 4.69. The third-order valence-corrected chi connectivity index (χ3v) is 6.62. The van der Waals surface area contributed by atoms with Gasteiger partial charge in [-0.25, -0.2) is 4.39 Å². The highest BCUT2D eigenvalue weighted by Gasteiger charge is 2.24. The standard InChI is InChI=1S/C27H28FN3O/c1-18-7-3-5-9-25(18)30-27(32)21(16-29)15-24-19(2)31(26-10-6-4-8-23(24)26)17-20-11-13-22(28)14-12-20/h4,6,8,10-15,18,25H,3,5,7,9,17H2,1-2H3,(H,30,32)/b21-15+/t18-,25+/m1/s1. The van der Waals surface area contributed by atoms with Crippen molar-refractivity contribution in [1.82, 2.24) is 9.88 Å². The second-order valence-corrected chi connectivity index (χ2v) is 8.74. The number of halogens is 1. The molecule has 0 aliphatic heterocycles. The molecule has 1 saturated carbocycles. The highest BCUT2D eigenvalue weighted by atomic mass is 19.1. The van der Waals surface area contributed by atoms with Gasteiger partial charge in [0.25, 0.3) is 5.91 Å². The molecule has 0 unspecified atom stereocenters. The third-order valence-electron chi connectivity index (χ3n) is 6.62. The Bertz CT molecular complexity index is 1200. The predicted octanol–water partition coefficient (Wildman–Crippen LogP) is 5.74. The zero-order valence-electron chi connectivity index (χ0n) is 18.6. The van der Waals surface area contributed by atoms with Gasteiger partial charge in [-0.05, 0) is 55.5 Å². The van der Waals surface area contributed by atoms with Gasteiger partial charge in [0.05, 0.1) is 0 Å². The van der Waals surface area contributed by atoms with Gasteiger partial charge in [-0.1, -0.05) is 50.1 Å². The lowest BCUT2D eigenvalue weighted by Gasteiger charge is -2.29. The van der Waals surface area contributed by atoms with Gasteiger partial charge in [-0.2, -0.15) is 5.26 Å². The number of hydrogen-bond acceptors (Lipinski definition) is 2. The molecule has 2 aromatic carbocycles. The number of carbonyl (C=O) groups excluding carboxylic acids is 1. The van der Waals surface area contributed by atoms with E-state index in [1.54, 1.807) is 18.2 Å². The van der Waals surface area contributed by atoms with Crippen molar-refractivity contribution in [2.75, 3.05) is 0 Å². The van der Waals surface area contributed by atoms with Crippen molar-refractivity contribution in [1.29, 1.82) is 5.26 Å². The molecule has 0 bridgehead atoms. The van der Waals surface area contributed by atoms with Crippen LogP contribution in [-0.2, 0) is 11.3 Å². The van der Waals surface area contributed by atoms with Crippen LogP contribution in [0.15, 0.2) is 54.1 Å². The van der Waals surface area contributed by atoms with Crippen molar-refractivity contribution in [3.63, 3.8) is 0 Å². The van der Waals surface area contributed by atoms with Crippen molar-refractivity contribution in [2.45, 2.75) is 52.1 Å². The molecule has 1 aliphatic carbocycles. The normalized spacial score (nSPS) is 19.0. The highest BCUT2D eigenvalue weighted by Crippen LogP contribution is 2.29. The SMILES string of the molecule is Cc1c(/C=C(\C#N)C(=O)N[C@H]2CCCC[C@H]2C)c2ccccc2n1Cc1ccc(F)cc1. The lowest BCUT2D eigenvalue weighted by Crippen LogP contribution is -2.41. The molecule has 1 fully saturated rings. The third kappa shape index (κ3) is 4.45. The summed E-state index contributed by atoms with van der Waals surface area (Å²) < 4.78 is 15.5. The Morgan fingerprint density at radius 2 is 1.91 bits per heavy atom. The van der Waals surface area contributed by atoms with Crippen LogP contribution in [-0.4, -0.2) is 16.5 Å². The minimum atomic E-state index is -0.305. The van der Waals surface area contributed by atoms with E-state index in [1.165, 1.54) is 18.6 Å². The molecule has 4 nitrogen and oxygen atoms in total. The molecule has 1 aromatic heterocycles. The number of para-hydroxylation sites is 1. The molecule has 1 heterocycles. The maximum Gasteiger partial charge on any atom is 0.262 e. The van der Waals surface area contributed by atoms with Gasteiger partial charge in [0.15, 0.2) is 0 Å². The Morgan fingerprint density at radius 1 is 1.19 bits per heavy atom. The fraction of sp³-hybridized carbons (Fsp3) is 0.333. The second kappa shape index (κ2) is 9.40. The van der Waals surface area contributed by atoms with Crippen molar-refractivity contribution >= 4 is 22.9 Å². The van der Waals surface area contributed by atoms with Crippen LogP contribution in [0, 0.1) is 30.0 Å². The molecule has 1 amide bonds. The zero-order valence-corrected chi connectivity index (χ0v) is 18.6. The Balaban J connectivity index is 1.69. The van der Waals surface area contributed by atoms with Crippen LogP contribution in [0.3, 0.4) is 0 Å². The first kappa shape index (κ1) is 21.8. The van der Waals surface area contributed by atoms with Gasteiger partial charge < -0.3 is 9.88 Å². The van der Waals surface area contributed by atoms with Gasteiger partial charge >= 0.3 is 0 Å². The predicted molar refractivity (Wildman–Crippen MR) is 125 cm³/mol. The van der Waals surface area contributed by atoms with E-state index < -0.39 is 0 Å². The summed E-state index contributed by atoms with van der Waals surface area (Å²) in [6.45, 7) is 4.73. The first-order valence-corrected chi connectivity index (χ1v) is 11.2. The van der Waals surface area contributed by atoms with Gasteiger partial charge in [0.2, 0.25) is 0 Å². The van der Waals surface area contributed by atoms with E-state index in [-0.39, 0.29) is 23.3 Å². The average Bonchev–Trinajstić information content (AvgIpc) is 3.06. The number of carbonyl (C=O) groups is 1.